The van der Waals surface area contributed by atoms with Gasteiger partial charge in [0.15, 0.2) is 11.9 Å². The minimum Gasteiger partial charge on any atom is -0.447 e. The Balaban J connectivity index is 1.40. The number of benzene rings is 3. The van der Waals surface area contributed by atoms with Crippen LogP contribution in [0.2, 0.25) is 0 Å². The van der Waals surface area contributed by atoms with Crippen LogP contribution >= 0.6 is 0 Å². The van der Waals surface area contributed by atoms with Gasteiger partial charge in [-0.2, -0.15) is 0 Å². The number of anilines is 1. The van der Waals surface area contributed by atoms with Crippen LogP contribution in [0.5, 0.6) is 0 Å². The molecule has 3 aromatic carbocycles. The summed E-state index contributed by atoms with van der Waals surface area (Å²) in [6.45, 7) is 2.15. The van der Waals surface area contributed by atoms with Crippen LogP contribution in [0.25, 0.3) is 17.1 Å². The molecule has 1 amide bonds. The highest BCUT2D eigenvalue weighted by molar-refractivity contribution is 6.00. The lowest BCUT2D eigenvalue weighted by Gasteiger charge is -2.21. The lowest BCUT2D eigenvalue weighted by Crippen LogP contribution is -2.39. The number of hydrogen-bond donors (Lipinski definition) is 0. The second-order valence-corrected chi connectivity index (χ2v) is 7.79. The third-order valence-electron chi connectivity index (χ3n) is 5.61. The highest BCUT2D eigenvalue weighted by Gasteiger charge is 2.31. The quantitative estimate of drug-likeness (QED) is 0.439. The van der Waals surface area contributed by atoms with Gasteiger partial charge < -0.3 is 9.64 Å². The summed E-state index contributed by atoms with van der Waals surface area (Å²) in [7, 11) is 0. The summed E-state index contributed by atoms with van der Waals surface area (Å²) in [4.78, 5) is 32.0. The van der Waals surface area contributed by atoms with E-state index >= 15 is 0 Å². The summed E-state index contributed by atoms with van der Waals surface area (Å²) >= 11 is 0. The Hall–Kier alpha value is -4.26. The highest BCUT2D eigenvalue weighted by Crippen LogP contribution is 2.28. The first-order chi connectivity index (χ1) is 16.1. The predicted molar refractivity (Wildman–Crippen MR) is 124 cm³/mol. The molecule has 0 unspecified atom stereocenters. The highest BCUT2D eigenvalue weighted by atomic mass is 16.5. The molecule has 1 aromatic heterocycles. The smallest absolute Gasteiger partial charge is 0.379 e. The van der Waals surface area contributed by atoms with E-state index in [0.29, 0.717) is 12.4 Å². The van der Waals surface area contributed by atoms with E-state index in [2.05, 4.69) is 10.1 Å². The topological polar surface area (TPSA) is 77.3 Å². The molecular weight excluding hydrogens is 416 g/mol. The number of carbonyl (C=O) groups is 2. The third-order valence-corrected chi connectivity index (χ3v) is 5.61. The fraction of sp³-hybridized carbons (Fsp3) is 0.154. The van der Waals surface area contributed by atoms with Crippen molar-refractivity contribution in [1.82, 2.24) is 14.8 Å². The molecule has 0 bridgehead atoms. The van der Waals surface area contributed by atoms with Crippen LogP contribution < -0.4 is 4.90 Å². The number of fused-ring (bicyclic) bond motifs is 1. The zero-order valence-corrected chi connectivity index (χ0v) is 18.1. The van der Waals surface area contributed by atoms with Gasteiger partial charge in [0, 0.05) is 17.8 Å². The molecule has 1 aliphatic rings. The number of ether oxygens (including phenoxy) is 1. The van der Waals surface area contributed by atoms with Gasteiger partial charge in [-0.15, -0.1) is 5.10 Å². The van der Waals surface area contributed by atoms with Crippen LogP contribution in [0.1, 0.15) is 23.1 Å². The molecule has 0 spiro atoms. The number of carbonyl (C=O) groups excluding carboxylic acids is 2. The fourth-order valence-corrected chi connectivity index (χ4v) is 3.97. The standard InChI is InChI=1S/C26H22N4O3/c1-18(25(31)29-17-16-19-10-8-9-15-22(19)29)33-26(32)23-27-24(20-11-4-2-5-12-20)30(28-23)21-13-6-3-7-14-21/h2-15,18H,16-17H2,1H3/t18-/m1/s1. The fourth-order valence-electron chi connectivity index (χ4n) is 3.97. The maximum Gasteiger partial charge on any atom is 0.379 e. The summed E-state index contributed by atoms with van der Waals surface area (Å²) in [5.74, 6) is -0.588. The van der Waals surface area contributed by atoms with Crippen molar-refractivity contribution >= 4 is 17.6 Å². The molecule has 33 heavy (non-hydrogen) atoms. The first kappa shape index (κ1) is 20.6. The normalized spacial score (nSPS) is 13.4. The molecule has 0 saturated heterocycles. The Morgan fingerprint density at radius 1 is 0.909 bits per heavy atom. The van der Waals surface area contributed by atoms with Gasteiger partial charge in [0.1, 0.15) is 0 Å². The van der Waals surface area contributed by atoms with Gasteiger partial charge in [0.05, 0.1) is 5.69 Å². The molecule has 4 aromatic rings. The van der Waals surface area contributed by atoms with Gasteiger partial charge in [-0.3, -0.25) is 4.79 Å². The van der Waals surface area contributed by atoms with Crippen molar-refractivity contribution in [2.45, 2.75) is 19.4 Å². The van der Waals surface area contributed by atoms with Crippen molar-refractivity contribution in [3.63, 3.8) is 0 Å². The van der Waals surface area contributed by atoms with E-state index in [1.165, 1.54) is 0 Å². The molecule has 0 aliphatic carbocycles. The SMILES string of the molecule is C[C@@H](OC(=O)c1nc(-c2ccccc2)n(-c2ccccc2)n1)C(=O)N1CCc2ccccc21. The Labute approximate surface area is 191 Å². The average Bonchev–Trinajstić information content (AvgIpc) is 3.50. The molecule has 2 heterocycles. The zero-order chi connectivity index (χ0) is 22.8. The molecule has 7 nitrogen and oxygen atoms in total. The minimum atomic E-state index is -0.965. The van der Waals surface area contributed by atoms with Crippen molar-refractivity contribution in [3.05, 3.63) is 96.3 Å². The van der Waals surface area contributed by atoms with Gasteiger partial charge in [-0.25, -0.2) is 14.5 Å². The number of aromatic nitrogens is 3. The molecule has 0 saturated carbocycles. The maximum absolute atomic E-state index is 13.0. The molecule has 0 radical (unpaired) electrons. The van der Waals surface area contributed by atoms with E-state index < -0.39 is 12.1 Å². The molecule has 7 heteroatoms. The van der Waals surface area contributed by atoms with Crippen LogP contribution in [-0.4, -0.2) is 39.3 Å². The molecule has 0 N–H and O–H groups in total. The lowest BCUT2D eigenvalue weighted by molar-refractivity contribution is -0.126. The van der Waals surface area contributed by atoms with E-state index in [4.69, 9.17) is 4.74 Å². The molecule has 1 aliphatic heterocycles. The lowest BCUT2D eigenvalue weighted by atomic mass is 10.2. The third kappa shape index (κ3) is 4.01. The van der Waals surface area contributed by atoms with Gasteiger partial charge in [-0.1, -0.05) is 66.7 Å². The van der Waals surface area contributed by atoms with Crippen molar-refractivity contribution in [2.75, 3.05) is 11.4 Å². The number of esters is 1. The monoisotopic (exact) mass is 438 g/mol. The van der Waals surface area contributed by atoms with Crippen molar-refractivity contribution in [2.24, 2.45) is 0 Å². The number of para-hydroxylation sites is 2. The van der Waals surface area contributed by atoms with Crippen LogP contribution in [0.3, 0.4) is 0 Å². The van der Waals surface area contributed by atoms with Gasteiger partial charge >= 0.3 is 5.97 Å². The molecule has 0 fully saturated rings. The summed E-state index contributed by atoms with van der Waals surface area (Å²) < 4.78 is 7.10. The predicted octanol–water partition coefficient (Wildman–Crippen LogP) is 4.07. The van der Waals surface area contributed by atoms with Crippen molar-refractivity contribution in [1.29, 1.82) is 0 Å². The molecule has 5 rings (SSSR count). The van der Waals surface area contributed by atoms with E-state index in [0.717, 1.165) is 28.9 Å². The first-order valence-corrected chi connectivity index (χ1v) is 10.8. The number of rotatable bonds is 5. The van der Waals surface area contributed by atoms with Crippen molar-refractivity contribution < 1.29 is 14.3 Å². The zero-order valence-electron chi connectivity index (χ0n) is 18.1. The first-order valence-electron chi connectivity index (χ1n) is 10.8. The van der Waals surface area contributed by atoms with Crippen LogP contribution in [0, 0.1) is 0 Å². The van der Waals surface area contributed by atoms with E-state index in [1.807, 2.05) is 84.9 Å². The van der Waals surface area contributed by atoms with Crippen molar-refractivity contribution in [3.8, 4) is 17.1 Å². The Morgan fingerprint density at radius 2 is 1.58 bits per heavy atom. The van der Waals surface area contributed by atoms with Crippen LogP contribution in [0.15, 0.2) is 84.9 Å². The minimum absolute atomic E-state index is 0.0980. The molecule has 1 atom stereocenters. The van der Waals surface area contributed by atoms with Crippen LogP contribution in [-0.2, 0) is 16.0 Å². The second kappa shape index (κ2) is 8.70. The Kier molecular flexibility index (Phi) is 5.44. The number of amides is 1. The van der Waals surface area contributed by atoms with Gasteiger partial charge in [0.25, 0.3) is 11.7 Å². The second-order valence-electron chi connectivity index (χ2n) is 7.79. The molecular formula is C26H22N4O3. The molecule has 164 valence electrons. The van der Waals surface area contributed by atoms with Crippen LogP contribution in [0.4, 0.5) is 5.69 Å². The van der Waals surface area contributed by atoms with E-state index in [-0.39, 0.29) is 11.7 Å². The Bertz CT molecular complexity index is 1240. The van der Waals surface area contributed by atoms with E-state index in [9.17, 15) is 9.59 Å². The summed E-state index contributed by atoms with van der Waals surface area (Å²) in [5.41, 5.74) is 3.55. The van der Waals surface area contributed by atoms with Gasteiger partial charge in [-0.05, 0) is 37.1 Å². The van der Waals surface area contributed by atoms with Gasteiger partial charge in [0.2, 0.25) is 0 Å². The summed E-state index contributed by atoms with van der Waals surface area (Å²) in [6.07, 6.45) is -0.181. The summed E-state index contributed by atoms with van der Waals surface area (Å²) in [5, 5.41) is 4.41. The number of hydrogen-bond acceptors (Lipinski definition) is 5. The number of nitrogens with zero attached hydrogens (tertiary/aromatic N) is 4. The summed E-state index contributed by atoms with van der Waals surface area (Å²) in [6, 6.07) is 26.7. The largest absolute Gasteiger partial charge is 0.447 e. The average molecular weight is 438 g/mol. The van der Waals surface area contributed by atoms with E-state index in [1.54, 1.807) is 16.5 Å². The Morgan fingerprint density at radius 3 is 2.33 bits per heavy atom. The maximum atomic E-state index is 13.0.